The van der Waals surface area contributed by atoms with Gasteiger partial charge in [-0.05, 0) is 12.8 Å². The summed E-state index contributed by atoms with van der Waals surface area (Å²) in [5, 5.41) is 0. The summed E-state index contributed by atoms with van der Waals surface area (Å²) in [7, 11) is 0. The zero-order valence-corrected chi connectivity index (χ0v) is 12.1. The van der Waals surface area contributed by atoms with Crippen LogP contribution in [-0.2, 0) is 9.47 Å². The van der Waals surface area contributed by atoms with Gasteiger partial charge in [-0.15, -0.1) is 0 Å². The van der Waals surface area contributed by atoms with E-state index in [4.69, 9.17) is 9.47 Å². The van der Waals surface area contributed by atoms with Crippen LogP contribution in [-0.4, -0.2) is 42.1 Å². The maximum Gasteiger partial charge on any atom is 2.00 e. The topological polar surface area (TPSA) is 18.5 Å². The third-order valence-corrected chi connectivity index (χ3v) is 2.28. The summed E-state index contributed by atoms with van der Waals surface area (Å²) >= 11 is 0. The first-order chi connectivity index (χ1) is 5.83. The van der Waals surface area contributed by atoms with Crippen LogP contribution in [0.25, 0.3) is 0 Å². The summed E-state index contributed by atoms with van der Waals surface area (Å²) in [6.45, 7) is 7.54. The fourth-order valence-corrected chi connectivity index (χ4v) is 1.63. The number of unbranched alkanes of at least 4 members (excludes halogenated alkanes) is 1. The molecule has 0 unspecified atom stereocenters. The molecule has 2 nitrogen and oxygen atoms in total. The number of ether oxygens (including phenoxy) is 2. The molecule has 0 N–H and O–H groups in total. The molecule has 1 aliphatic rings. The number of halogens is 1. The molecule has 0 bridgehead atoms. The standard InChI is InChI=1S/C10H19O2.BrH.Mg/c1-3-5-7-10(6-4-2)11-8-9-12-10;;/h2-9H2,1H3;1H;/q-1;;+2/p-1. The minimum Gasteiger partial charge on any atom is -1.00 e. The summed E-state index contributed by atoms with van der Waals surface area (Å²) < 4.78 is 11.2. The van der Waals surface area contributed by atoms with Gasteiger partial charge in [0.2, 0.25) is 0 Å². The van der Waals surface area contributed by atoms with Gasteiger partial charge in [-0.2, -0.15) is 6.42 Å². The number of hydrogen-bond donors (Lipinski definition) is 0. The van der Waals surface area contributed by atoms with E-state index in [1.54, 1.807) is 0 Å². The second kappa shape index (κ2) is 9.40. The van der Waals surface area contributed by atoms with Crippen LogP contribution in [0, 0.1) is 6.92 Å². The molecule has 80 valence electrons. The smallest absolute Gasteiger partial charge is 1.00 e. The van der Waals surface area contributed by atoms with Gasteiger partial charge >= 0.3 is 23.1 Å². The van der Waals surface area contributed by atoms with Crippen molar-refractivity contribution in [2.45, 2.75) is 44.8 Å². The molecular formula is C10H19BrMgO2. The number of hydrogen-bond acceptors (Lipinski definition) is 2. The monoisotopic (exact) mass is 274 g/mol. The molecule has 14 heavy (non-hydrogen) atoms. The summed E-state index contributed by atoms with van der Waals surface area (Å²) in [4.78, 5) is 0. The predicted molar refractivity (Wildman–Crippen MR) is 54.5 cm³/mol. The molecule has 0 aromatic rings. The van der Waals surface area contributed by atoms with Crippen molar-refractivity contribution in [3.8, 4) is 0 Å². The zero-order chi connectivity index (χ0) is 8.86. The average Bonchev–Trinajstić information content (AvgIpc) is 2.51. The van der Waals surface area contributed by atoms with Crippen molar-refractivity contribution in [3.05, 3.63) is 6.92 Å². The van der Waals surface area contributed by atoms with Gasteiger partial charge < -0.3 is 33.4 Å². The number of rotatable bonds is 5. The van der Waals surface area contributed by atoms with Gasteiger partial charge in [-0.1, -0.05) is 13.3 Å². The third kappa shape index (κ3) is 5.31. The second-order valence-electron chi connectivity index (χ2n) is 3.31. The van der Waals surface area contributed by atoms with Crippen molar-refractivity contribution in [1.29, 1.82) is 0 Å². The van der Waals surface area contributed by atoms with Crippen LogP contribution < -0.4 is 17.0 Å². The molecule has 0 aromatic heterocycles. The first-order valence-electron chi connectivity index (χ1n) is 4.90. The van der Waals surface area contributed by atoms with Crippen molar-refractivity contribution >= 4 is 23.1 Å². The summed E-state index contributed by atoms with van der Waals surface area (Å²) in [6, 6.07) is 0. The van der Waals surface area contributed by atoms with Crippen LogP contribution in [0.3, 0.4) is 0 Å². The molecule has 0 saturated carbocycles. The van der Waals surface area contributed by atoms with Gasteiger partial charge in [0, 0.05) is 6.42 Å². The van der Waals surface area contributed by atoms with Crippen molar-refractivity contribution < 1.29 is 26.5 Å². The molecule has 0 atom stereocenters. The van der Waals surface area contributed by atoms with Crippen LogP contribution >= 0.6 is 0 Å². The Bertz CT molecular complexity index is 127. The van der Waals surface area contributed by atoms with Gasteiger partial charge in [0.15, 0.2) is 5.79 Å². The molecule has 1 aliphatic heterocycles. The zero-order valence-electron chi connectivity index (χ0n) is 9.06. The van der Waals surface area contributed by atoms with Gasteiger partial charge in [0.1, 0.15) is 0 Å². The molecule has 1 fully saturated rings. The van der Waals surface area contributed by atoms with Crippen LogP contribution in [0.5, 0.6) is 0 Å². The fourth-order valence-electron chi connectivity index (χ4n) is 1.63. The van der Waals surface area contributed by atoms with Gasteiger partial charge in [0.25, 0.3) is 0 Å². The normalized spacial score (nSPS) is 18.4. The van der Waals surface area contributed by atoms with Gasteiger partial charge in [0.05, 0.1) is 13.2 Å². The molecule has 1 heterocycles. The van der Waals surface area contributed by atoms with E-state index in [0.717, 1.165) is 32.5 Å². The molecule has 0 radical (unpaired) electrons. The predicted octanol–water partition coefficient (Wildman–Crippen LogP) is -0.843. The van der Waals surface area contributed by atoms with E-state index in [2.05, 4.69) is 13.8 Å². The maximum absolute atomic E-state index is 5.62. The first kappa shape index (κ1) is 17.6. The Balaban J connectivity index is 0. The molecule has 0 aliphatic carbocycles. The first-order valence-corrected chi connectivity index (χ1v) is 4.90. The Hall–Kier alpha value is 1.17. The van der Waals surface area contributed by atoms with Gasteiger partial charge in [-0.25, -0.2) is 0 Å². The van der Waals surface area contributed by atoms with Crippen molar-refractivity contribution in [2.24, 2.45) is 0 Å². The Morgan fingerprint density at radius 1 is 1.21 bits per heavy atom. The maximum atomic E-state index is 5.62. The summed E-state index contributed by atoms with van der Waals surface area (Å²) in [5.74, 6) is -0.266. The Morgan fingerprint density at radius 3 is 2.21 bits per heavy atom. The molecule has 0 amide bonds. The van der Waals surface area contributed by atoms with Gasteiger partial charge in [-0.3, -0.25) is 0 Å². The largest absolute Gasteiger partial charge is 2.00 e. The molecule has 0 spiro atoms. The fraction of sp³-hybridized carbons (Fsp3) is 0.900. The van der Waals surface area contributed by atoms with Crippen molar-refractivity contribution in [3.63, 3.8) is 0 Å². The Morgan fingerprint density at radius 2 is 1.79 bits per heavy atom. The molecule has 4 heteroatoms. The van der Waals surface area contributed by atoms with Crippen LogP contribution in [0.2, 0.25) is 0 Å². The Labute approximate surface area is 114 Å². The summed E-state index contributed by atoms with van der Waals surface area (Å²) in [5.41, 5.74) is 0. The van der Waals surface area contributed by atoms with E-state index >= 15 is 0 Å². The molecule has 1 rings (SSSR count). The van der Waals surface area contributed by atoms with E-state index in [0.29, 0.717) is 0 Å². The van der Waals surface area contributed by atoms with E-state index in [-0.39, 0.29) is 45.8 Å². The van der Waals surface area contributed by atoms with E-state index < -0.39 is 0 Å². The third-order valence-electron chi connectivity index (χ3n) is 2.28. The quantitative estimate of drug-likeness (QED) is 0.481. The Kier molecular flexibility index (Phi) is 11.8. The van der Waals surface area contributed by atoms with Crippen LogP contribution in [0.15, 0.2) is 0 Å². The van der Waals surface area contributed by atoms with E-state index in [1.807, 2.05) is 0 Å². The molecule has 0 aromatic carbocycles. The average molecular weight is 275 g/mol. The minimum absolute atomic E-state index is 0. The van der Waals surface area contributed by atoms with Crippen molar-refractivity contribution in [1.82, 2.24) is 0 Å². The minimum atomic E-state index is -0.266. The van der Waals surface area contributed by atoms with Crippen LogP contribution in [0.4, 0.5) is 0 Å². The SMILES string of the molecule is [Br-].[CH2-]CCC1(CCCC)OCCO1.[Mg+2]. The second-order valence-corrected chi connectivity index (χ2v) is 3.31. The van der Waals surface area contributed by atoms with E-state index in [1.165, 1.54) is 12.8 Å². The summed E-state index contributed by atoms with van der Waals surface area (Å²) in [6.07, 6.45) is 5.24. The molecule has 1 saturated heterocycles. The van der Waals surface area contributed by atoms with E-state index in [9.17, 15) is 0 Å². The van der Waals surface area contributed by atoms with Crippen molar-refractivity contribution in [2.75, 3.05) is 13.2 Å². The van der Waals surface area contributed by atoms with Crippen LogP contribution in [0.1, 0.15) is 39.0 Å². The molecular weight excluding hydrogens is 256 g/mol.